The summed E-state index contributed by atoms with van der Waals surface area (Å²) < 4.78 is 0. The number of aromatic nitrogens is 5. The van der Waals surface area contributed by atoms with Gasteiger partial charge in [-0.2, -0.15) is 0 Å². The first kappa shape index (κ1) is 29.1. The van der Waals surface area contributed by atoms with Crippen LogP contribution in [0.2, 0.25) is 0 Å². The number of rotatable bonds is 4. The van der Waals surface area contributed by atoms with E-state index in [1.165, 1.54) is 33.4 Å². The number of nitrogens with zero attached hydrogens (tertiary/aromatic N) is 5. The van der Waals surface area contributed by atoms with Crippen LogP contribution >= 0.6 is 0 Å². The minimum atomic E-state index is 0. The molecule has 2 aliphatic heterocycles. The number of hydrogen-bond donors (Lipinski definition) is 0. The van der Waals surface area contributed by atoms with Crippen molar-refractivity contribution in [2.75, 3.05) is 0 Å². The van der Waals surface area contributed by atoms with Crippen molar-refractivity contribution in [3.63, 3.8) is 0 Å². The summed E-state index contributed by atoms with van der Waals surface area (Å²) in [6, 6.07) is 15.2. The zero-order valence-corrected chi connectivity index (χ0v) is 26.5. The Morgan fingerprint density at radius 3 is 1.67 bits per heavy atom. The molecule has 1 radical (unpaired) electrons. The molecule has 5 aromatic rings. The summed E-state index contributed by atoms with van der Waals surface area (Å²) in [5, 5.41) is 4.50. The summed E-state index contributed by atoms with van der Waals surface area (Å²) in [5.41, 5.74) is 15.4. The van der Waals surface area contributed by atoms with Crippen LogP contribution in [-0.4, -0.2) is 15.0 Å². The first-order chi connectivity index (χ1) is 20.4. The summed E-state index contributed by atoms with van der Waals surface area (Å²) >= 11 is 0. The number of aryl methyl sites for hydroxylation is 2. The van der Waals surface area contributed by atoms with Gasteiger partial charge in [0.25, 0.3) is 0 Å². The van der Waals surface area contributed by atoms with Crippen LogP contribution in [0.3, 0.4) is 0 Å². The average Bonchev–Trinajstić information content (AvgIpc) is 3.70. The van der Waals surface area contributed by atoms with E-state index in [2.05, 4.69) is 89.0 Å². The molecule has 0 aliphatic carbocycles. The zero-order chi connectivity index (χ0) is 29.1. The van der Waals surface area contributed by atoms with Gasteiger partial charge in [0.1, 0.15) is 0 Å². The van der Waals surface area contributed by atoms with E-state index in [0.29, 0.717) is 0 Å². The normalized spacial score (nSPS) is 13.3. The third-order valence-electron chi connectivity index (χ3n) is 9.10. The van der Waals surface area contributed by atoms with E-state index < -0.39 is 0 Å². The molecule has 0 fully saturated rings. The van der Waals surface area contributed by atoms with Crippen molar-refractivity contribution in [2.45, 2.75) is 67.2 Å². The average molecular weight is 613 g/mol. The van der Waals surface area contributed by atoms with E-state index in [9.17, 15) is 0 Å². The third kappa shape index (κ3) is 4.56. The molecule has 8 bridgehead atoms. The minimum absolute atomic E-state index is 0. The second-order valence-electron chi connectivity index (χ2n) is 11.3. The Labute approximate surface area is 263 Å². The quantitative estimate of drug-likeness (QED) is 0.189. The van der Waals surface area contributed by atoms with E-state index in [1.54, 1.807) is 0 Å². The van der Waals surface area contributed by atoms with Crippen molar-refractivity contribution >= 4 is 65.9 Å². The molecule has 0 amide bonds. The van der Waals surface area contributed by atoms with Gasteiger partial charge >= 0.3 is 17.1 Å². The molecule has 0 unspecified atom stereocenters. The summed E-state index contributed by atoms with van der Waals surface area (Å²) in [6.45, 7) is 13.2. The van der Waals surface area contributed by atoms with E-state index in [4.69, 9.17) is 19.9 Å². The van der Waals surface area contributed by atoms with Gasteiger partial charge in [0.15, 0.2) is 0 Å². The Morgan fingerprint density at radius 2 is 1.12 bits per heavy atom. The number of allylic oxidation sites excluding steroid dienone is 4. The predicted octanol–water partition coefficient (Wildman–Crippen LogP) is 9.08. The van der Waals surface area contributed by atoms with Crippen molar-refractivity contribution in [1.82, 2.24) is 24.9 Å². The maximum atomic E-state index is 5.27. The summed E-state index contributed by atoms with van der Waals surface area (Å²) in [6.07, 6.45) is 7.44. The number of hydrogen-bond acceptors (Lipinski definition) is 3. The third-order valence-corrected chi connectivity index (χ3v) is 9.10. The minimum Gasteiger partial charge on any atom is -0.657 e. The Hall–Kier alpha value is -3.99. The molecule has 0 spiro atoms. The Bertz CT molecular complexity index is 2160. The molecule has 6 heterocycles. The molecule has 0 saturated heterocycles. The molecule has 4 aromatic heterocycles. The largest absolute Gasteiger partial charge is 2.00 e. The van der Waals surface area contributed by atoms with Gasteiger partial charge in [-0.1, -0.05) is 75.2 Å². The summed E-state index contributed by atoms with van der Waals surface area (Å²) in [4.78, 5) is 25.3. The van der Waals surface area contributed by atoms with Gasteiger partial charge in [-0.25, -0.2) is 9.97 Å². The molecule has 219 valence electrons. The van der Waals surface area contributed by atoms with Gasteiger partial charge < -0.3 is 9.97 Å². The van der Waals surface area contributed by atoms with Gasteiger partial charge in [0.05, 0.1) is 22.8 Å². The Kier molecular flexibility index (Phi) is 7.62. The van der Waals surface area contributed by atoms with E-state index in [1.807, 2.05) is 12.4 Å². The van der Waals surface area contributed by atoms with Gasteiger partial charge in [-0.15, -0.1) is 22.1 Å². The second-order valence-corrected chi connectivity index (χ2v) is 11.3. The monoisotopic (exact) mass is 612 g/mol. The fraction of sp³-hybridized carbons (Fsp3) is 0.270. The van der Waals surface area contributed by atoms with Crippen molar-refractivity contribution in [3.8, 4) is 0 Å². The van der Waals surface area contributed by atoms with Crippen LogP contribution in [-0.2, 0) is 29.9 Å². The van der Waals surface area contributed by atoms with E-state index in [0.717, 1.165) is 92.1 Å². The second kappa shape index (κ2) is 11.3. The molecule has 6 heteroatoms. The molecular formula is C37H35CuN5. The standard InChI is InChI=1S/C37H35N5.Cu/c1-7-23-20(5)29-15-33-25(9-3)26(10-4)34(41-33)16-30-21(6)24(8-2)32(40-30)18-36-37-27-13-14-38-19-22(27)11-12-28(37)35(42-36)17-31(23)39-29;/h11-19H,7-10H2,1-6H3;/q-2;+2. The summed E-state index contributed by atoms with van der Waals surface area (Å²) in [5.74, 6) is 0. The number of benzene rings is 1. The van der Waals surface area contributed by atoms with E-state index >= 15 is 0 Å². The smallest absolute Gasteiger partial charge is 0.657 e. The Morgan fingerprint density at radius 1 is 0.581 bits per heavy atom. The summed E-state index contributed by atoms with van der Waals surface area (Å²) in [7, 11) is 0. The molecule has 5 nitrogen and oxygen atoms in total. The van der Waals surface area contributed by atoms with Crippen molar-refractivity contribution in [2.24, 2.45) is 0 Å². The fourth-order valence-corrected chi connectivity index (χ4v) is 6.91. The SMILES string of the molecule is CCC1=C(C)c2cc3[n-]c(cc4nc(cc5[n-]c(cc1n2)c1ccc2cnccc2c51)C(CC)=C4C)c(CC)c3CC.[Cu+2]. The molecule has 7 rings (SSSR count). The van der Waals surface area contributed by atoms with Crippen LogP contribution in [0.25, 0.3) is 65.9 Å². The van der Waals surface area contributed by atoms with Crippen LogP contribution < -0.4 is 9.97 Å². The van der Waals surface area contributed by atoms with Crippen molar-refractivity contribution < 1.29 is 17.1 Å². The van der Waals surface area contributed by atoms with Crippen LogP contribution in [0.4, 0.5) is 0 Å². The zero-order valence-electron chi connectivity index (χ0n) is 25.6. The molecule has 0 N–H and O–H groups in total. The topological polar surface area (TPSA) is 66.9 Å². The van der Waals surface area contributed by atoms with Crippen LogP contribution in [0, 0.1) is 0 Å². The molecule has 2 aliphatic rings. The number of pyridine rings is 1. The maximum Gasteiger partial charge on any atom is 2.00 e. The maximum absolute atomic E-state index is 5.27. The molecule has 0 saturated carbocycles. The predicted molar refractivity (Wildman–Crippen MR) is 176 cm³/mol. The van der Waals surface area contributed by atoms with Crippen LogP contribution in [0.5, 0.6) is 0 Å². The molecule has 0 atom stereocenters. The fourth-order valence-electron chi connectivity index (χ4n) is 6.91. The molecule has 1 aromatic carbocycles. The van der Waals surface area contributed by atoms with Gasteiger partial charge in [-0.05, 0) is 84.0 Å². The van der Waals surface area contributed by atoms with Gasteiger partial charge in [0, 0.05) is 17.8 Å². The van der Waals surface area contributed by atoms with Crippen LogP contribution in [0.15, 0.2) is 54.9 Å². The van der Waals surface area contributed by atoms with Crippen LogP contribution in [0.1, 0.15) is 88.3 Å². The van der Waals surface area contributed by atoms with Crippen molar-refractivity contribution in [3.05, 3.63) is 88.8 Å². The van der Waals surface area contributed by atoms with Gasteiger partial charge in [-0.3, -0.25) is 4.98 Å². The Balaban J connectivity index is 0.00000329. The first-order valence-electron chi connectivity index (χ1n) is 15.2. The first-order valence-corrected chi connectivity index (χ1v) is 15.2. The van der Waals surface area contributed by atoms with Crippen molar-refractivity contribution in [1.29, 1.82) is 0 Å². The molecular weight excluding hydrogens is 578 g/mol. The molecule has 43 heavy (non-hydrogen) atoms. The van der Waals surface area contributed by atoms with Gasteiger partial charge in [0.2, 0.25) is 0 Å². The van der Waals surface area contributed by atoms with E-state index in [-0.39, 0.29) is 17.1 Å². The number of fused-ring (bicyclic) bond motifs is 13.